The highest BCUT2D eigenvalue weighted by Gasteiger charge is 2.16. The SMILES string of the molecule is CN(C)c1ccc(/C=C(/C#N)C(=O)OCC(=O)c2cccc3ccccc23)cc1. The summed E-state index contributed by atoms with van der Waals surface area (Å²) in [5, 5.41) is 11.0. The van der Waals surface area contributed by atoms with Crippen molar-refractivity contribution < 1.29 is 14.3 Å². The first-order valence-corrected chi connectivity index (χ1v) is 9.07. The molecule has 5 nitrogen and oxygen atoms in total. The minimum atomic E-state index is -0.822. The van der Waals surface area contributed by atoms with Crippen molar-refractivity contribution in [1.29, 1.82) is 5.26 Å². The molecule has 3 aromatic carbocycles. The fourth-order valence-corrected chi connectivity index (χ4v) is 2.93. The van der Waals surface area contributed by atoms with Crippen molar-refractivity contribution in [1.82, 2.24) is 0 Å². The highest BCUT2D eigenvalue weighted by Crippen LogP contribution is 2.19. The molecule has 0 unspecified atom stereocenters. The second-order valence-electron chi connectivity index (χ2n) is 6.68. The van der Waals surface area contributed by atoms with E-state index >= 15 is 0 Å². The maximum atomic E-state index is 12.5. The van der Waals surface area contributed by atoms with Crippen LogP contribution >= 0.6 is 0 Å². The van der Waals surface area contributed by atoms with E-state index in [2.05, 4.69) is 0 Å². The largest absolute Gasteiger partial charge is 0.453 e. The highest BCUT2D eigenvalue weighted by molar-refractivity contribution is 6.09. The van der Waals surface area contributed by atoms with Crippen LogP contribution in [0.2, 0.25) is 0 Å². The molecule has 0 spiro atoms. The van der Waals surface area contributed by atoms with E-state index in [0.717, 1.165) is 16.5 Å². The Hall–Kier alpha value is -3.91. The van der Waals surface area contributed by atoms with Crippen LogP contribution in [0.5, 0.6) is 0 Å². The zero-order chi connectivity index (χ0) is 20.8. The van der Waals surface area contributed by atoms with Crippen LogP contribution in [0.4, 0.5) is 5.69 Å². The number of esters is 1. The van der Waals surface area contributed by atoms with Gasteiger partial charge in [-0.25, -0.2) is 4.79 Å². The second-order valence-corrected chi connectivity index (χ2v) is 6.68. The second kappa shape index (κ2) is 8.85. The number of ketones is 1. The number of nitriles is 1. The first-order valence-electron chi connectivity index (χ1n) is 9.07. The van der Waals surface area contributed by atoms with Gasteiger partial charge in [-0.05, 0) is 34.5 Å². The molecular formula is C24H20N2O3. The van der Waals surface area contributed by atoms with E-state index in [1.54, 1.807) is 24.3 Å². The summed E-state index contributed by atoms with van der Waals surface area (Å²) >= 11 is 0. The summed E-state index contributed by atoms with van der Waals surface area (Å²) < 4.78 is 5.11. The van der Waals surface area contributed by atoms with Crippen LogP contribution in [-0.2, 0) is 9.53 Å². The van der Waals surface area contributed by atoms with Crippen LogP contribution in [-0.4, -0.2) is 32.5 Å². The van der Waals surface area contributed by atoms with Gasteiger partial charge in [-0.1, -0.05) is 54.6 Å². The summed E-state index contributed by atoms with van der Waals surface area (Å²) in [7, 11) is 3.85. The lowest BCUT2D eigenvalue weighted by Crippen LogP contribution is -2.15. The van der Waals surface area contributed by atoms with Gasteiger partial charge in [0, 0.05) is 25.3 Å². The molecule has 0 saturated carbocycles. The molecular weight excluding hydrogens is 364 g/mol. The van der Waals surface area contributed by atoms with E-state index in [4.69, 9.17) is 4.74 Å². The summed E-state index contributed by atoms with van der Waals surface area (Å²) in [6, 6.07) is 22.1. The predicted molar refractivity (Wildman–Crippen MR) is 114 cm³/mol. The van der Waals surface area contributed by atoms with Gasteiger partial charge in [-0.15, -0.1) is 0 Å². The molecule has 0 N–H and O–H groups in total. The van der Waals surface area contributed by atoms with Crippen molar-refractivity contribution in [2.24, 2.45) is 0 Å². The van der Waals surface area contributed by atoms with Crippen molar-refractivity contribution >= 4 is 34.3 Å². The molecule has 0 aliphatic carbocycles. The van der Waals surface area contributed by atoms with E-state index in [1.807, 2.05) is 67.5 Å². The number of ether oxygens (including phenoxy) is 1. The Kier molecular flexibility index (Phi) is 6.06. The summed E-state index contributed by atoms with van der Waals surface area (Å²) in [4.78, 5) is 26.8. The first kappa shape index (κ1) is 19.8. The lowest BCUT2D eigenvalue weighted by Gasteiger charge is -2.11. The molecule has 0 bridgehead atoms. The van der Waals surface area contributed by atoms with Crippen LogP contribution in [0.1, 0.15) is 15.9 Å². The van der Waals surface area contributed by atoms with Crippen molar-refractivity contribution in [3.05, 3.63) is 83.4 Å². The Balaban J connectivity index is 1.71. The fraction of sp³-hybridized carbons (Fsp3) is 0.125. The van der Waals surface area contributed by atoms with E-state index < -0.39 is 12.6 Å². The van der Waals surface area contributed by atoms with Gasteiger partial charge in [0.15, 0.2) is 6.61 Å². The van der Waals surface area contributed by atoms with Crippen molar-refractivity contribution in [3.8, 4) is 6.07 Å². The van der Waals surface area contributed by atoms with Crippen LogP contribution in [0.25, 0.3) is 16.8 Å². The van der Waals surface area contributed by atoms with Crippen LogP contribution in [0.15, 0.2) is 72.3 Å². The zero-order valence-electron chi connectivity index (χ0n) is 16.3. The molecule has 144 valence electrons. The topological polar surface area (TPSA) is 70.4 Å². The van der Waals surface area contributed by atoms with Gasteiger partial charge in [0.25, 0.3) is 0 Å². The van der Waals surface area contributed by atoms with E-state index in [0.29, 0.717) is 11.1 Å². The molecule has 29 heavy (non-hydrogen) atoms. The Morgan fingerprint density at radius 2 is 1.69 bits per heavy atom. The third-order valence-electron chi connectivity index (χ3n) is 4.49. The highest BCUT2D eigenvalue weighted by atomic mass is 16.5. The molecule has 0 heterocycles. The Bertz CT molecular complexity index is 1120. The minimum Gasteiger partial charge on any atom is -0.453 e. The molecule has 0 fully saturated rings. The summed E-state index contributed by atoms with van der Waals surface area (Å²) in [6.45, 7) is -0.425. The van der Waals surface area contributed by atoms with E-state index in [9.17, 15) is 14.9 Å². The Morgan fingerprint density at radius 3 is 2.38 bits per heavy atom. The van der Waals surface area contributed by atoms with Crippen LogP contribution < -0.4 is 4.90 Å². The first-order chi connectivity index (χ1) is 14.0. The summed E-state index contributed by atoms with van der Waals surface area (Å²) in [5.74, 6) is -1.14. The number of carbonyl (C=O) groups is 2. The number of hydrogen-bond acceptors (Lipinski definition) is 5. The zero-order valence-corrected chi connectivity index (χ0v) is 16.3. The molecule has 3 rings (SSSR count). The molecule has 3 aromatic rings. The maximum Gasteiger partial charge on any atom is 0.349 e. The maximum absolute atomic E-state index is 12.5. The van der Waals surface area contributed by atoms with Gasteiger partial charge in [0.2, 0.25) is 5.78 Å². The van der Waals surface area contributed by atoms with Gasteiger partial charge in [0.1, 0.15) is 11.6 Å². The standard InChI is InChI=1S/C24H20N2O3/c1-26(2)20-12-10-17(11-13-20)14-19(15-25)24(28)29-16-23(27)22-9-5-7-18-6-3-4-8-21(18)22/h3-14H,16H2,1-2H3/b19-14-. The molecule has 0 saturated heterocycles. The van der Waals surface area contributed by atoms with Gasteiger partial charge in [0.05, 0.1) is 0 Å². The quantitative estimate of drug-likeness (QED) is 0.275. The lowest BCUT2D eigenvalue weighted by atomic mass is 10.0. The molecule has 0 atom stereocenters. The van der Waals surface area contributed by atoms with Gasteiger partial charge in [-0.2, -0.15) is 5.26 Å². The monoisotopic (exact) mass is 384 g/mol. The van der Waals surface area contributed by atoms with Crippen molar-refractivity contribution in [3.63, 3.8) is 0 Å². The summed E-state index contributed by atoms with van der Waals surface area (Å²) in [6.07, 6.45) is 1.45. The molecule has 0 radical (unpaired) electrons. The number of fused-ring (bicyclic) bond motifs is 1. The van der Waals surface area contributed by atoms with Gasteiger partial charge in [-0.3, -0.25) is 4.79 Å². The number of carbonyl (C=O) groups excluding carboxylic acids is 2. The van der Waals surface area contributed by atoms with Crippen molar-refractivity contribution in [2.75, 3.05) is 25.6 Å². The number of anilines is 1. The number of Topliss-reactive ketones (excluding diaryl/α,β-unsaturated/α-hetero) is 1. The normalized spacial score (nSPS) is 11.0. The van der Waals surface area contributed by atoms with Crippen LogP contribution in [0, 0.1) is 11.3 Å². The molecule has 0 aliphatic rings. The van der Waals surface area contributed by atoms with E-state index in [-0.39, 0.29) is 11.4 Å². The minimum absolute atomic E-state index is 0.159. The molecule has 0 amide bonds. The Labute approximate surface area is 169 Å². The van der Waals surface area contributed by atoms with Crippen molar-refractivity contribution in [2.45, 2.75) is 0 Å². The number of benzene rings is 3. The van der Waals surface area contributed by atoms with Gasteiger partial charge >= 0.3 is 5.97 Å². The average molecular weight is 384 g/mol. The average Bonchev–Trinajstić information content (AvgIpc) is 2.75. The lowest BCUT2D eigenvalue weighted by molar-refractivity contribution is -0.137. The number of nitrogens with zero attached hydrogens (tertiary/aromatic N) is 2. The number of rotatable bonds is 6. The van der Waals surface area contributed by atoms with Gasteiger partial charge < -0.3 is 9.64 Å². The van der Waals surface area contributed by atoms with Crippen LogP contribution in [0.3, 0.4) is 0 Å². The predicted octanol–water partition coefficient (Wildman–Crippen LogP) is 4.24. The third kappa shape index (κ3) is 4.69. The molecule has 0 aromatic heterocycles. The smallest absolute Gasteiger partial charge is 0.349 e. The molecule has 0 aliphatic heterocycles. The Morgan fingerprint density at radius 1 is 1.00 bits per heavy atom. The van der Waals surface area contributed by atoms with E-state index in [1.165, 1.54) is 6.08 Å². The summed E-state index contributed by atoms with van der Waals surface area (Å²) in [5.41, 5.74) is 2.03. The molecule has 5 heteroatoms. The third-order valence-corrected chi connectivity index (χ3v) is 4.49. The number of hydrogen-bond donors (Lipinski definition) is 0. The fourth-order valence-electron chi connectivity index (χ4n) is 2.93.